The normalized spacial score (nSPS) is 17.4. The smallest absolute Gasteiger partial charge is 0.124 e. The second-order valence-corrected chi connectivity index (χ2v) is 9.00. The summed E-state index contributed by atoms with van der Waals surface area (Å²) in [4.78, 5) is 4.40. The predicted molar refractivity (Wildman–Crippen MR) is 137 cm³/mol. The molecule has 1 radical (unpaired) electrons. The molecule has 3 rings (SSSR count). The number of hydrogen-bond donors (Lipinski definition) is 3. The molecule has 3 N–H and O–H groups in total. The van der Waals surface area contributed by atoms with Gasteiger partial charge in [-0.25, -0.2) is 0 Å². The Labute approximate surface area is 212 Å². The van der Waals surface area contributed by atoms with Gasteiger partial charge in [0.05, 0.1) is 7.11 Å². The number of rotatable bonds is 7. The number of aromatic nitrogens is 1. The summed E-state index contributed by atoms with van der Waals surface area (Å²) < 4.78 is 5.52. The van der Waals surface area contributed by atoms with Gasteiger partial charge in [-0.2, -0.15) is 0 Å². The molecule has 189 valence electrons. The number of aryl methyl sites for hydroxylation is 2. The Hall–Kier alpha value is -1.04. The first-order chi connectivity index (χ1) is 15.6. The van der Waals surface area contributed by atoms with E-state index in [1.165, 1.54) is 35.7 Å². The van der Waals surface area contributed by atoms with Crippen LogP contribution in [-0.4, -0.2) is 60.4 Å². The van der Waals surface area contributed by atoms with Crippen molar-refractivity contribution in [3.8, 4) is 5.75 Å². The van der Waals surface area contributed by atoms with Crippen molar-refractivity contribution in [1.29, 1.82) is 0 Å². The van der Waals surface area contributed by atoms with E-state index in [4.69, 9.17) is 25.4 Å². The summed E-state index contributed by atoms with van der Waals surface area (Å²) >= 11 is 0. The van der Waals surface area contributed by atoms with Crippen LogP contribution in [0.1, 0.15) is 43.0 Å². The summed E-state index contributed by atoms with van der Waals surface area (Å²) in [7, 11) is 5.62. The third kappa shape index (κ3) is 11.3. The molecule has 1 aromatic carbocycles. The SMILES string of the molecule is CO.CO.CO.COc1c(C)cc(PC2CCCC2[C@H](C)[N-]Cc2ccccn2)cc1C.[Mn]. The van der Waals surface area contributed by atoms with Gasteiger partial charge in [0.15, 0.2) is 0 Å². The topological polar surface area (TPSA) is 96.9 Å². The average Bonchev–Trinajstić information content (AvgIpc) is 3.30. The minimum atomic E-state index is 0. The van der Waals surface area contributed by atoms with Gasteiger partial charge in [0.2, 0.25) is 0 Å². The second-order valence-electron chi connectivity index (χ2n) is 7.39. The van der Waals surface area contributed by atoms with Crippen LogP contribution in [0.3, 0.4) is 0 Å². The third-order valence-electron chi connectivity index (χ3n) is 5.47. The number of aliphatic hydroxyl groups is 3. The number of pyridine rings is 1. The van der Waals surface area contributed by atoms with Crippen molar-refractivity contribution in [3.63, 3.8) is 0 Å². The molecule has 1 aliphatic carbocycles. The molecular formula is C25H42MnN2O4P-. The van der Waals surface area contributed by atoms with Crippen LogP contribution in [0.25, 0.3) is 5.32 Å². The van der Waals surface area contributed by atoms with E-state index < -0.39 is 0 Å². The molecule has 1 saturated carbocycles. The van der Waals surface area contributed by atoms with Crippen molar-refractivity contribution < 1.29 is 37.1 Å². The average molecular weight is 521 g/mol. The summed E-state index contributed by atoms with van der Waals surface area (Å²) in [6.45, 7) is 7.32. The Balaban J connectivity index is 0. The van der Waals surface area contributed by atoms with E-state index in [-0.39, 0.29) is 17.1 Å². The fourth-order valence-electron chi connectivity index (χ4n) is 4.18. The quantitative estimate of drug-likeness (QED) is 0.379. The second kappa shape index (κ2) is 20.3. The number of methoxy groups -OCH3 is 1. The number of nitrogens with zero attached hydrogens (tertiary/aromatic N) is 2. The van der Waals surface area contributed by atoms with E-state index in [2.05, 4.69) is 44.0 Å². The first-order valence-corrected chi connectivity index (χ1v) is 12.0. The summed E-state index contributed by atoms with van der Waals surface area (Å²) in [5.74, 6) is 1.72. The molecule has 1 fully saturated rings. The molecule has 0 aliphatic heterocycles. The summed E-state index contributed by atoms with van der Waals surface area (Å²) in [6, 6.07) is 11.1. The maximum Gasteiger partial charge on any atom is 0.124 e. The maximum atomic E-state index is 7.00. The van der Waals surface area contributed by atoms with E-state index in [0.29, 0.717) is 12.0 Å². The Morgan fingerprint density at radius 3 is 2.18 bits per heavy atom. The molecule has 4 atom stereocenters. The zero-order chi connectivity index (χ0) is 24.5. The van der Waals surface area contributed by atoms with E-state index in [1.54, 1.807) is 7.11 Å². The Bertz CT molecular complexity index is 715. The molecular weight excluding hydrogens is 478 g/mol. The number of hydrogen-bond acceptors (Lipinski definition) is 5. The summed E-state index contributed by atoms with van der Waals surface area (Å²) in [5.41, 5.74) is 4.32. The molecule has 1 aromatic heterocycles. The zero-order valence-electron chi connectivity index (χ0n) is 21.0. The van der Waals surface area contributed by atoms with Crippen LogP contribution in [0.15, 0.2) is 36.5 Å². The van der Waals surface area contributed by atoms with Crippen molar-refractivity contribution in [2.45, 2.75) is 58.3 Å². The number of aliphatic hydroxyl groups excluding tert-OH is 3. The molecule has 1 aliphatic rings. The number of benzene rings is 1. The van der Waals surface area contributed by atoms with Gasteiger partial charge in [-0.05, 0) is 66.6 Å². The molecule has 6 nitrogen and oxygen atoms in total. The summed E-state index contributed by atoms with van der Waals surface area (Å²) in [6.07, 6.45) is 5.82. The van der Waals surface area contributed by atoms with Gasteiger partial charge in [-0.1, -0.05) is 40.3 Å². The van der Waals surface area contributed by atoms with Crippen LogP contribution in [0.4, 0.5) is 0 Å². The van der Waals surface area contributed by atoms with Gasteiger partial charge in [0.1, 0.15) is 5.75 Å². The van der Waals surface area contributed by atoms with Crippen LogP contribution in [0, 0.1) is 19.8 Å². The largest absolute Gasteiger partial charge is 0.654 e. The van der Waals surface area contributed by atoms with Crippen molar-refractivity contribution in [3.05, 3.63) is 58.7 Å². The maximum absolute atomic E-state index is 7.00. The molecule has 1 heterocycles. The van der Waals surface area contributed by atoms with Gasteiger partial charge in [0, 0.05) is 50.3 Å². The van der Waals surface area contributed by atoms with Crippen molar-refractivity contribution in [2.24, 2.45) is 5.92 Å². The van der Waals surface area contributed by atoms with Gasteiger partial charge in [0.25, 0.3) is 0 Å². The Kier molecular flexibility index (Phi) is 21.0. The zero-order valence-corrected chi connectivity index (χ0v) is 23.2. The minimum absolute atomic E-state index is 0. The number of ether oxygens (including phenoxy) is 1. The molecule has 3 unspecified atom stereocenters. The van der Waals surface area contributed by atoms with Crippen molar-refractivity contribution in [2.75, 3.05) is 28.4 Å². The Morgan fingerprint density at radius 2 is 1.67 bits per heavy atom. The fraction of sp³-hybridized carbons (Fsp3) is 0.560. The Morgan fingerprint density at radius 1 is 1.06 bits per heavy atom. The molecule has 2 aromatic rings. The van der Waals surface area contributed by atoms with E-state index in [0.717, 1.165) is 53.6 Å². The molecule has 0 saturated heterocycles. The molecule has 0 spiro atoms. The fourth-order valence-corrected chi connectivity index (χ4v) is 6.22. The standard InChI is InChI=1S/C22H30N2OP.3CH4O.Mn/c1-15-12-19(13-16(2)22(15)25-4)26-21-10-7-9-20(21)17(3)24-14-18-8-5-6-11-23-18;3*1-2;/h5-6,8,11-13,17,20-21,26H,7,9-10,14H2,1-4H3;3*2H,1H3;/q-1;;;;/t17-,20?,21?;;;;/m0..../s1. The predicted octanol–water partition coefficient (Wildman–Crippen LogP) is 3.96. The van der Waals surface area contributed by atoms with E-state index in [9.17, 15) is 0 Å². The van der Waals surface area contributed by atoms with Crippen LogP contribution in [0.5, 0.6) is 5.75 Å². The monoisotopic (exact) mass is 520 g/mol. The summed E-state index contributed by atoms with van der Waals surface area (Å²) in [5, 5.41) is 27.4. The van der Waals surface area contributed by atoms with Gasteiger partial charge in [-0.3, -0.25) is 4.98 Å². The van der Waals surface area contributed by atoms with Gasteiger partial charge >= 0.3 is 0 Å². The first-order valence-electron chi connectivity index (χ1n) is 10.9. The third-order valence-corrected chi connectivity index (χ3v) is 7.18. The molecule has 8 heteroatoms. The first kappa shape index (κ1) is 34.1. The van der Waals surface area contributed by atoms with Crippen LogP contribution in [0.2, 0.25) is 0 Å². The van der Waals surface area contributed by atoms with E-state index >= 15 is 0 Å². The van der Waals surface area contributed by atoms with Crippen molar-refractivity contribution in [1.82, 2.24) is 4.98 Å². The molecule has 0 amide bonds. The van der Waals surface area contributed by atoms with Crippen LogP contribution in [-0.2, 0) is 23.6 Å². The van der Waals surface area contributed by atoms with Gasteiger partial charge in [-0.15, -0.1) is 12.6 Å². The van der Waals surface area contributed by atoms with Gasteiger partial charge < -0.3 is 25.4 Å². The van der Waals surface area contributed by atoms with Crippen LogP contribution >= 0.6 is 8.58 Å². The molecule has 33 heavy (non-hydrogen) atoms. The van der Waals surface area contributed by atoms with Crippen LogP contribution < -0.4 is 10.0 Å². The molecule has 0 bridgehead atoms. The van der Waals surface area contributed by atoms with Crippen molar-refractivity contribution >= 4 is 13.9 Å². The van der Waals surface area contributed by atoms with E-state index in [1.807, 2.05) is 18.3 Å². The minimum Gasteiger partial charge on any atom is -0.654 e.